The molecule has 10 heavy (non-hydrogen) atoms. The normalized spacial score (nSPS) is 10.4. The van der Waals surface area contributed by atoms with Gasteiger partial charge in [-0.1, -0.05) is 13.8 Å². The maximum Gasteiger partial charge on any atom is 0.197 e. The fourth-order valence-electron chi connectivity index (χ4n) is 0.620. The number of nitrogens with one attached hydrogen (secondary N) is 1. The van der Waals surface area contributed by atoms with Crippen molar-refractivity contribution >= 4 is 16.5 Å². The lowest BCUT2D eigenvalue weighted by molar-refractivity contribution is 0.885. The lowest BCUT2D eigenvalue weighted by Crippen LogP contribution is -2.05. The van der Waals surface area contributed by atoms with Crippen LogP contribution < -0.4 is 11.3 Å². The van der Waals surface area contributed by atoms with E-state index >= 15 is 0 Å². The Bertz CT molecular complexity index is 207. The molecule has 0 saturated heterocycles. The molecular formula is C6H11N3S. The summed E-state index contributed by atoms with van der Waals surface area (Å²) in [6, 6.07) is 0. The zero-order valence-corrected chi connectivity index (χ0v) is 6.90. The van der Waals surface area contributed by atoms with Crippen LogP contribution in [0, 0.1) is 0 Å². The highest BCUT2D eigenvalue weighted by Crippen LogP contribution is 2.23. The highest BCUT2D eigenvalue weighted by molar-refractivity contribution is 7.15. The van der Waals surface area contributed by atoms with Gasteiger partial charge in [0.2, 0.25) is 0 Å². The van der Waals surface area contributed by atoms with E-state index < -0.39 is 0 Å². The van der Waals surface area contributed by atoms with Gasteiger partial charge in [0.1, 0.15) is 0 Å². The van der Waals surface area contributed by atoms with E-state index in [9.17, 15) is 0 Å². The van der Waals surface area contributed by atoms with Crippen molar-refractivity contribution in [3.63, 3.8) is 0 Å². The van der Waals surface area contributed by atoms with Gasteiger partial charge in [0.25, 0.3) is 0 Å². The van der Waals surface area contributed by atoms with E-state index in [0.29, 0.717) is 5.92 Å². The molecule has 0 aliphatic carbocycles. The first-order chi connectivity index (χ1) is 4.74. The molecule has 1 aromatic heterocycles. The smallest absolute Gasteiger partial charge is 0.197 e. The zero-order valence-electron chi connectivity index (χ0n) is 6.09. The molecule has 1 heterocycles. The quantitative estimate of drug-likeness (QED) is 0.506. The minimum absolute atomic E-state index is 0.541. The van der Waals surface area contributed by atoms with Gasteiger partial charge in [-0.15, -0.1) is 11.3 Å². The lowest BCUT2D eigenvalue weighted by Gasteiger charge is -1.95. The summed E-state index contributed by atoms with van der Waals surface area (Å²) < 4.78 is 0. The largest absolute Gasteiger partial charge is 0.300 e. The Morgan fingerprint density at radius 3 is 2.70 bits per heavy atom. The molecule has 0 radical (unpaired) electrons. The van der Waals surface area contributed by atoms with E-state index in [4.69, 9.17) is 5.84 Å². The second kappa shape index (κ2) is 2.98. The molecular weight excluding hydrogens is 146 g/mol. The second-order valence-electron chi connectivity index (χ2n) is 2.37. The summed E-state index contributed by atoms with van der Waals surface area (Å²) in [5.41, 5.74) is 2.51. The standard InChI is InChI=1S/C6H11N3S/c1-4(2)5-3-8-6(9-7)10-5/h3-4H,7H2,1-2H3,(H,8,9). The molecule has 1 aromatic rings. The summed E-state index contributed by atoms with van der Waals surface area (Å²) in [6.07, 6.45) is 1.85. The van der Waals surface area contributed by atoms with Crippen molar-refractivity contribution in [2.75, 3.05) is 5.43 Å². The monoisotopic (exact) mass is 157 g/mol. The molecule has 3 nitrogen and oxygen atoms in total. The third-order valence-corrected chi connectivity index (χ3v) is 2.45. The molecule has 56 valence electrons. The van der Waals surface area contributed by atoms with Crippen LogP contribution in [-0.4, -0.2) is 4.98 Å². The summed E-state index contributed by atoms with van der Waals surface area (Å²) in [4.78, 5) is 5.30. The summed E-state index contributed by atoms with van der Waals surface area (Å²) in [7, 11) is 0. The number of nitrogen functional groups attached to an aromatic ring is 1. The fourth-order valence-corrected chi connectivity index (χ4v) is 1.35. The fraction of sp³-hybridized carbons (Fsp3) is 0.500. The average molecular weight is 157 g/mol. The number of aromatic nitrogens is 1. The van der Waals surface area contributed by atoms with Crippen molar-refractivity contribution in [2.45, 2.75) is 19.8 Å². The Morgan fingerprint density at radius 2 is 2.40 bits per heavy atom. The van der Waals surface area contributed by atoms with Crippen molar-refractivity contribution in [2.24, 2.45) is 5.84 Å². The predicted octanol–water partition coefficient (Wildman–Crippen LogP) is 1.55. The first-order valence-corrected chi connectivity index (χ1v) is 3.98. The predicted molar refractivity (Wildman–Crippen MR) is 44.0 cm³/mol. The molecule has 0 spiro atoms. The molecule has 0 aromatic carbocycles. The van der Waals surface area contributed by atoms with Gasteiger partial charge >= 0.3 is 0 Å². The van der Waals surface area contributed by atoms with Crippen molar-refractivity contribution in [3.05, 3.63) is 11.1 Å². The third-order valence-electron chi connectivity index (χ3n) is 1.22. The lowest BCUT2D eigenvalue weighted by atomic mass is 10.2. The number of hydrogen-bond acceptors (Lipinski definition) is 4. The molecule has 0 aliphatic rings. The Morgan fingerprint density at radius 1 is 1.70 bits per heavy atom. The van der Waals surface area contributed by atoms with Gasteiger partial charge in [-0.3, -0.25) is 5.43 Å². The molecule has 1 rings (SSSR count). The molecule has 0 aliphatic heterocycles. The average Bonchev–Trinajstić information content (AvgIpc) is 2.34. The van der Waals surface area contributed by atoms with Crippen LogP contribution in [0.3, 0.4) is 0 Å². The van der Waals surface area contributed by atoms with Crippen LogP contribution in [0.5, 0.6) is 0 Å². The van der Waals surface area contributed by atoms with Gasteiger partial charge in [0.15, 0.2) is 5.13 Å². The molecule has 0 saturated carbocycles. The maximum atomic E-state index is 5.16. The van der Waals surface area contributed by atoms with E-state index in [1.165, 1.54) is 4.88 Å². The number of anilines is 1. The van der Waals surface area contributed by atoms with Crippen LogP contribution in [0.2, 0.25) is 0 Å². The molecule has 0 unspecified atom stereocenters. The Labute approximate surface area is 64.2 Å². The zero-order chi connectivity index (χ0) is 7.56. The van der Waals surface area contributed by atoms with Crippen LogP contribution in [-0.2, 0) is 0 Å². The molecule has 4 heteroatoms. The van der Waals surface area contributed by atoms with Gasteiger partial charge in [-0.2, -0.15) is 0 Å². The number of nitrogens with two attached hydrogens (primary N) is 1. The number of rotatable bonds is 2. The van der Waals surface area contributed by atoms with Crippen LogP contribution in [0.15, 0.2) is 6.20 Å². The Kier molecular flexibility index (Phi) is 2.24. The van der Waals surface area contributed by atoms with Crippen LogP contribution in [0.1, 0.15) is 24.6 Å². The SMILES string of the molecule is CC(C)c1cnc(NN)s1. The van der Waals surface area contributed by atoms with E-state index in [2.05, 4.69) is 24.3 Å². The maximum absolute atomic E-state index is 5.16. The molecule has 3 N–H and O–H groups in total. The van der Waals surface area contributed by atoms with Gasteiger partial charge < -0.3 is 0 Å². The summed E-state index contributed by atoms with van der Waals surface area (Å²) in [6.45, 7) is 4.27. The minimum atomic E-state index is 0.541. The molecule has 0 fully saturated rings. The third kappa shape index (κ3) is 1.46. The molecule has 0 amide bonds. The summed E-state index contributed by atoms with van der Waals surface area (Å²) in [5.74, 6) is 5.70. The van der Waals surface area contributed by atoms with Gasteiger partial charge in [-0.05, 0) is 5.92 Å². The van der Waals surface area contributed by atoms with Gasteiger partial charge in [0, 0.05) is 11.1 Å². The first-order valence-electron chi connectivity index (χ1n) is 3.16. The van der Waals surface area contributed by atoms with Crippen molar-refractivity contribution < 1.29 is 0 Å². The van der Waals surface area contributed by atoms with E-state index in [0.717, 1.165) is 5.13 Å². The van der Waals surface area contributed by atoms with Crippen molar-refractivity contribution in [3.8, 4) is 0 Å². The second-order valence-corrected chi connectivity index (χ2v) is 3.43. The highest BCUT2D eigenvalue weighted by atomic mass is 32.1. The summed E-state index contributed by atoms with van der Waals surface area (Å²) >= 11 is 1.59. The van der Waals surface area contributed by atoms with Gasteiger partial charge in [-0.25, -0.2) is 10.8 Å². The number of nitrogens with zero attached hydrogens (tertiary/aromatic N) is 1. The van der Waals surface area contributed by atoms with E-state index in [-0.39, 0.29) is 0 Å². The molecule has 0 bridgehead atoms. The van der Waals surface area contributed by atoms with Crippen molar-refractivity contribution in [1.82, 2.24) is 4.98 Å². The summed E-state index contributed by atoms with van der Waals surface area (Å²) in [5, 5.41) is 0.781. The highest BCUT2D eigenvalue weighted by Gasteiger charge is 2.02. The number of hydrazine groups is 1. The minimum Gasteiger partial charge on any atom is -0.300 e. The number of thiazole rings is 1. The molecule has 0 atom stereocenters. The van der Waals surface area contributed by atoms with Gasteiger partial charge in [0.05, 0.1) is 0 Å². The number of hydrogen-bond donors (Lipinski definition) is 2. The van der Waals surface area contributed by atoms with Crippen LogP contribution >= 0.6 is 11.3 Å². The van der Waals surface area contributed by atoms with E-state index in [1.807, 2.05) is 6.20 Å². The topological polar surface area (TPSA) is 50.9 Å². The van der Waals surface area contributed by atoms with Crippen molar-refractivity contribution in [1.29, 1.82) is 0 Å². The van der Waals surface area contributed by atoms with Crippen LogP contribution in [0.4, 0.5) is 5.13 Å². The van der Waals surface area contributed by atoms with E-state index in [1.54, 1.807) is 11.3 Å². The Hall–Kier alpha value is -0.610. The Balaban J connectivity index is 2.78. The first kappa shape index (κ1) is 7.50. The van der Waals surface area contributed by atoms with Crippen LogP contribution in [0.25, 0.3) is 0 Å².